The Morgan fingerprint density at radius 3 is 2.11 bits per heavy atom. The largest absolute Gasteiger partial charge is 0.105 e. The molecule has 1 atom stereocenters. The number of hydrogen-bond acceptors (Lipinski definition) is 0. The summed E-state index contributed by atoms with van der Waals surface area (Å²) >= 11 is 0. The van der Waals surface area contributed by atoms with Gasteiger partial charge < -0.3 is 0 Å². The normalized spacial score (nSPS) is 8.22. The molecular weight excluding hydrogens is 126 g/mol. The molecule has 3 radical (unpaired) electrons. The van der Waals surface area contributed by atoms with Gasteiger partial charge in [0, 0.05) is 8.41 Å². The van der Waals surface area contributed by atoms with E-state index in [4.69, 9.17) is 0 Å². The molecule has 1 unspecified atom stereocenters. The van der Waals surface area contributed by atoms with E-state index in [1.54, 1.807) is 0 Å². The van der Waals surface area contributed by atoms with E-state index in [0.29, 0.717) is 0 Å². The predicted molar refractivity (Wildman–Crippen MR) is 46.3 cm³/mol. The van der Waals surface area contributed by atoms with Gasteiger partial charge in [0.1, 0.15) is 0 Å². The van der Waals surface area contributed by atoms with Crippen molar-refractivity contribution >= 4 is 23.0 Å². The van der Waals surface area contributed by atoms with Gasteiger partial charge in [0.25, 0.3) is 0 Å². The summed E-state index contributed by atoms with van der Waals surface area (Å²) in [6, 6.07) is 8.26. The summed E-state index contributed by atoms with van der Waals surface area (Å²) in [6.07, 6.45) is 0. The standard InChI is InChI=1S/C7H9P.B/c1-6-4-2-3-5-7(6)8;/h2-5H,8H2,1H3;. The van der Waals surface area contributed by atoms with Gasteiger partial charge in [0.05, 0.1) is 0 Å². The molecule has 0 aliphatic rings. The van der Waals surface area contributed by atoms with Crippen LogP contribution >= 0.6 is 9.24 Å². The van der Waals surface area contributed by atoms with Crippen LogP contribution in [0.1, 0.15) is 5.56 Å². The van der Waals surface area contributed by atoms with Crippen LogP contribution in [0, 0.1) is 6.92 Å². The first kappa shape index (κ1) is 8.71. The lowest BCUT2D eigenvalue weighted by Gasteiger charge is -1.93. The molecular formula is C7H9BP. The Balaban J connectivity index is 0.000000640. The Hall–Kier alpha value is -0.285. The topological polar surface area (TPSA) is 0 Å². The van der Waals surface area contributed by atoms with Gasteiger partial charge in [0.15, 0.2) is 0 Å². The van der Waals surface area contributed by atoms with E-state index in [1.165, 1.54) is 10.9 Å². The minimum atomic E-state index is 0. The quantitative estimate of drug-likeness (QED) is 0.369. The van der Waals surface area contributed by atoms with Crippen LogP contribution in [-0.2, 0) is 0 Å². The van der Waals surface area contributed by atoms with Gasteiger partial charge in [-0.2, -0.15) is 0 Å². The summed E-state index contributed by atoms with van der Waals surface area (Å²) in [5.74, 6) is 0. The van der Waals surface area contributed by atoms with Gasteiger partial charge in [-0.1, -0.05) is 24.3 Å². The van der Waals surface area contributed by atoms with Crippen molar-refractivity contribution in [2.24, 2.45) is 0 Å². The summed E-state index contributed by atoms with van der Waals surface area (Å²) in [4.78, 5) is 0. The smallest absolute Gasteiger partial charge is 0 e. The highest BCUT2D eigenvalue weighted by Crippen LogP contribution is 1.96. The number of benzene rings is 1. The van der Waals surface area contributed by atoms with Gasteiger partial charge in [-0.25, -0.2) is 0 Å². The zero-order chi connectivity index (χ0) is 5.98. The van der Waals surface area contributed by atoms with Crippen molar-refractivity contribution in [1.82, 2.24) is 0 Å². The van der Waals surface area contributed by atoms with E-state index in [2.05, 4.69) is 28.3 Å². The van der Waals surface area contributed by atoms with Crippen LogP contribution in [0.5, 0.6) is 0 Å². The van der Waals surface area contributed by atoms with Crippen LogP contribution in [-0.4, -0.2) is 8.41 Å². The molecule has 45 valence electrons. The molecule has 0 aromatic heterocycles. The first-order valence-corrected chi connectivity index (χ1v) is 3.19. The Morgan fingerprint density at radius 2 is 1.78 bits per heavy atom. The first-order valence-electron chi connectivity index (χ1n) is 2.62. The summed E-state index contributed by atoms with van der Waals surface area (Å²) < 4.78 is 0. The van der Waals surface area contributed by atoms with E-state index < -0.39 is 0 Å². The Labute approximate surface area is 60.4 Å². The van der Waals surface area contributed by atoms with Crippen molar-refractivity contribution in [1.29, 1.82) is 0 Å². The maximum Gasteiger partial charge on any atom is 0 e. The van der Waals surface area contributed by atoms with Crippen LogP contribution in [0.2, 0.25) is 0 Å². The lowest BCUT2D eigenvalue weighted by atomic mass is 10.2. The van der Waals surface area contributed by atoms with E-state index in [1.807, 2.05) is 12.1 Å². The van der Waals surface area contributed by atoms with E-state index in [0.717, 1.165) is 0 Å². The van der Waals surface area contributed by atoms with Gasteiger partial charge in [-0.15, -0.1) is 9.24 Å². The molecule has 0 amide bonds. The van der Waals surface area contributed by atoms with Crippen LogP contribution < -0.4 is 5.30 Å². The van der Waals surface area contributed by atoms with Gasteiger partial charge in [-0.05, 0) is 17.8 Å². The molecule has 1 aromatic rings. The molecule has 0 heterocycles. The Kier molecular flexibility index (Phi) is 3.57. The number of hydrogen-bond donors (Lipinski definition) is 0. The Bertz CT molecular complexity index is 165. The van der Waals surface area contributed by atoms with Crippen molar-refractivity contribution in [2.75, 3.05) is 0 Å². The summed E-state index contributed by atoms with van der Waals surface area (Å²) in [5.41, 5.74) is 1.33. The molecule has 0 aliphatic heterocycles. The molecule has 0 N–H and O–H groups in total. The highest BCUT2D eigenvalue weighted by molar-refractivity contribution is 7.27. The summed E-state index contributed by atoms with van der Waals surface area (Å²) in [5, 5.41) is 1.28. The number of rotatable bonds is 0. The van der Waals surface area contributed by atoms with Crippen LogP contribution in [0.25, 0.3) is 0 Å². The second-order valence-electron chi connectivity index (χ2n) is 1.86. The zero-order valence-corrected chi connectivity index (χ0v) is 6.62. The maximum absolute atomic E-state index is 2.69. The molecule has 0 saturated heterocycles. The SMILES string of the molecule is Cc1ccccc1P.[B]. The number of aryl methyl sites for hydroxylation is 1. The van der Waals surface area contributed by atoms with E-state index >= 15 is 0 Å². The minimum absolute atomic E-state index is 0. The second-order valence-corrected chi connectivity index (χ2v) is 2.48. The lowest BCUT2D eigenvalue weighted by molar-refractivity contribution is 1.52. The lowest BCUT2D eigenvalue weighted by Crippen LogP contribution is -1.92. The molecule has 0 saturated carbocycles. The first-order chi connectivity index (χ1) is 3.80. The van der Waals surface area contributed by atoms with Gasteiger partial charge >= 0.3 is 0 Å². The zero-order valence-electron chi connectivity index (χ0n) is 5.46. The maximum atomic E-state index is 2.69. The monoisotopic (exact) mass is 135 g/mol. The van der Waals surface area contributed by atoms with Crippen LogP contribution in [0.4, 0.5) is 0 Å². The average molecular weight is 135 g/mol. The van der Waals surface area contributed by atoms with Crippen molar-refractivity contribution in [3.63, 3.8) is 0 Å². The van der Waals surface area contributed by atoms with Crippen molar-refractivity contribution in [3.05, 3.63) is 29.8 Å². The fraction of sp³-hybridized carbons (Fsp3) is 0.143. The molecule has 0 aliphatic carbocycles. The van der Waals surface area contributed by atoms with Crippen LogP contribution in [0.15, 0.2) is 24.3 Å². The summed E-state index contributed by atoms with van der Waals surface area (Å²) in [7, 11) is 2.69. The molecule has 1 aromatic carbocycles. The van der Waals surface area contributed by atoms with Crippen molar-refractivity contribution < 1.29 is 0 Å². The van der Waals surface area contributed by atoms with Gasteiger partial charge in [0.2, 0.25) is 0 Å². The molecule has 0 bridgehead atoms. The second kappa shape index (κ2) is 3.69. The molecule has 0 fully saturated rings. The van der Waals surface area contributed by atoms with E-state index in [9.17, 15) is 0 Å². The fourth-order valence-electron chi connectivity index (χ4n) is 0.587. The Morgan fingerprint density at radius 1 is 1.22 bits per heavy atom. The third kappa shape index (κ3) is 2.19. The molecule has 0 spiro atoms. The van der Waals surface area contributed by atoms with E-state index in [-0.39, 0.29) is 8.41 Å². The van der Waals surface area contributed by atoms with Crippen molar-refractivity contribution in [2.45, 2.75) is 6.92 Å². The fourth-order valence-corrected chi connectivity index (χ4v) is 0.794. The third-order valence-corrected chi connectivity index (χ3v) is 1.84. The third-order valence-electron chi connectivity index (χ3n) is 1.19. The molecule has 0 nitrogen and oxygen atoms in total. The van der Waals surface area contributed by atoms with Gasteiger partial charge in [-0.3, -0.25) is 0 Å². The summed E-state index contributed by atoms with van der Waals surface area (Å²) in [6.45, 7) is 2.10. The molecule has 1 rings (SSSR count). The molecule has 2 heteroatoms. The predicted octanol–water partition coefficient (Wildman–Crippen LogP) is 1.11. The highest BCUT2D eigenvalue weighted by Gasteiger charge is 1.84. The van der Waals surface area contributed by atoms with Crippen molar-refractivity contribution in [3.8, 4) is 0 Å². The van der Waals surface area contributed by atoms with Crippen LogP contribution in [0.3, 0.4) is 0 Å². The highest BCUT2D eigenvalue weighted by atomic mass is 31.0. The molecule has 9 heavy (non-hydrogen) atoms. The average Bonchev–Trinajstić information content (AvgIpc) is 1.77. The minimum Gasteiger partial charge on any atom is -0.105 e.